The van der Waals surface area contributed by atoms with Gasteiger partial charge in [-0.05, 0) is 65.3 Å². The molecule has 2 aromatic carbocycles. The van der Waals surface area contributed by atoms with Gasteiger partial charge in [-0.1, -0.05) is 23.3 Å². The van der Waals surface area contributed by atoms with Crippen molar-refractivity contribution >= 4 is 42.3 Å². The summed E-state index contributed by atoms with van der Waals surface area (Å²) in [6.45, 7) is 12.9. The molecule has 1 aromatic heterocycles. The lowest BCUT2D eigenvalue weighted by molar-refractivity contribution is 0.0777. The van der Waals surface area contributed by atoms with Crippen molar-refractivity contribution in [3.63, 3.8) is 0 Å². The third kappa shape index (κ3) is 9.48. The van der Waals surface area contributed by atoms with Gasteiger partial charge < -0.3 is 33.5 Å². The van der Waals surface area contributed by atoms with E-state index in [1.165, 1.54) is 11.1 Å². The number of thiol groups is 1. The Bertz CT molecular complexity index is 2110. The van der Waals surface area contributed by atoms with Crippen molar-refractivity contribution in [1.29, 1.82) is 0 Å². The molecule has 0 radical (unpaired) electrons. The molecule has 2 fully saturated rings. The van der Waals surface area contributed by atoms with Crippen LogP contribution in [0.1, 0.15) is 67.8 Å². The van der Waals surface area contributed by atoms with E-state index in [2.05, 4.69) is 62.4 Å². The number of allylic oxidation sites excluding steroid dienone is 2. The highest BCUT2D eigenvalue weighted by molar-refractivity contribution is 7.81. The highest BCUT2D eigenvalue weighted by Crippen LogP contribution is 2.41. The van der Waals surface area contributed by atoms with Crippen molar-refractivity contribution in [3.05, 3.63) is 82.2 Å². The molecule has 2 atom stereocenters. The van der Waals surface area contributed by atoms with E-state index in [0.29, 0.717) is 71.1 Å². The number of likely N-dealkylation sites (N-methyl/N-ethyl adjacent to an activating group) is 1. The fraction of sp³-hybridized carbons (Fsp3) is 0.455. The van der Waals surface area contributed by atoms with Crippen LogP contribution in [0.2, 0.25) is 0 Å². The number of aromatic nitrogens is 1. The highest BCUT2D eigenvalue weighted by Gasteiger charge is 2.35. The van der Waals surface area contributed by atoms with E-state index in [9.17, 15) is 4.79 Å². The number of carbonyl (C=O) groups excluding carboxylic acids is 1. The van der Waals surface area contributed by atoms with Crippen LogP contribution in [0.4, 0.5) is 11.4 Å². The molecule has 3 aromatic rings. The summed E-state index contributed by atoms with van der Waals surface area (Å²) in [5, 5.41) is 0. The normalized spacial score (nSPS) is 20.3. The predicted molar refractivity (Wildman–Crippen MR) is 227 cm³/mol. The van der Waals surface area contributed by atoms with Gasteiger partial charge in [-0.25, -0.2) is 0 Å². The molecular formula is C44H54N6O6S. The molecule has 302 valence electrons. The molecule has 7 rings (SSSR count). The molecule has 4 aliphatic heterocycles. The first-order valence-corrected chi connectivity index (χ1v) is 20.0. The molecule has 4 aliphatic rings. The molecule has 5 heterocycles. The summed E-state index contributed by atoms with van der Waals surface area (Å²) in [5.74, 6) is 2.68. The molecule has 0 aliphatic carbocycles. The van der Waals surface area contributed by atoms with E-state index >= 15 is 0 Å². The minimum Gasteiger partial charge on any atom is -0.493 e. The van der Waals surface area contributed by atoms with Gasteiger partial charge in [0.15, 0.2) is 23.0 Å². The van der Waals surface area contributed by atoms with E-state index in [1.54, 1.807) is 26.4 Å². The Morgan fingerprint density at radius 2 is 1.42 bits per heavy atom. The maximum absolute atomic E-state index is 13.6. The molecule has 13 heteroatoms. The van der Waals surface area contributed by atoms with Crippen LogP contribution in [0.3, 0.4) is 0 Å². The third-order valence-corrected chi connectivity index (χ3v) is 10.9. The van der Waals surface area contributed by atoms with Gasteiger partial charge in [-0.2, -0.15) is 12.6 Å². The molecular weight excluding hydrogens is 741 g/mol. The maximum Gasteiger partial charge on any atom is 0.257 e. The van der Waals surface area contributed by atoms with Gasteiger partial charge in [0, 0.05) is 80.2 Å². The number of aliphatic imine (C=N–C) groups is 2. The smallest absolute Gasteiger partial charge is 0.257 e. The average Bonchev–Trinajstić information content (AvgIpc) is 3.72. The maximum atomic E-state index is 13.6. The average molecular weight is 795 g/mol. The van der Waals surface area contributed by atoms with Crippen molar-refractivity contribution in [3.8, 4) is 28.7 Å². The Morgan fingerprint density at radius 3 is 2.09 bits per heavy atom. The lowest BCUT2D eigenvalue weighted by Gasteiger charge is -2.25. The van der Waals surface area contributed by atoms with Crippen LogP contribution in [-0.2, 0) is 19.8 Å². The Hall–Kier alpha value is -4.85. The summed E-state index contributed by atoms with van der Waals surface area (Å²) < 4.78 is 30.5. The van der Waals surface area contributed by atoms with Crippen molar-refractivity contribution in [2.45, 2.75) is 77.1 Å². The first-order chi connectivity index (χ1) is 27.4. The highest BCUT2D eigenvalue weighted by atomic mass is 32.1. The van der Waals surface area contributed by atoms with Crippen LogP contribution in [-0.4, -0.2) is 109 Å². The van der Waals surface area contributed by atoms with Crippen LogP contribution < -0.4 is 23.7 Å². The largest absolute Gasteiger partial charge is 0.493 e. The quantitative estimate of drug-likeness (QED) is 0.132. The number of pyridine rings is 1. The Balaban J connectivity index is 1.11. The monoisotopic (exact) mass is 794 g/mol. The molecule has 57 heavy (non-hydrogen) atoms. The first kappa shape index (κ1) is 40.4. The third-order valence-electron chi connectivity index (χ3n) is 10.7. The molecule has 1 amide bonds. The number of benzene rings is 2. The number of methoxy groups -OCH3 is 2. The topological polar surface area (TPSA) is 111 Å². The number of carbonyl (C=O) groups is 1. The molecule has 0 spiro atoms. The van der Waals surface area contributed by atoms with Gasteiger partial charge in [0.2, 0.25) is 0 Å². The van der Waals surface area contributed by atoms with E-state index in [1.807, 2.05) is 48.5 Å². The van der Waals surface area contributed by atoms with E-state index in [-0.39, 0.29) is 36.0 Å². The second-order valence-corrected chi connectivity index (χ2v) is 17.0. The van der Waals surface area contributed by atoms with Gasteiger partial charge in [-0.15, -0.1) is 0 Å². The van der Waals surface area contributed by atoms with Crippen LogP contribution in [0.25, 0.3) is 0 Å². The number of amides is 1. The van der Waals surface area contributed by atoms with Crippen LogP contribution in [0.5, 0.6) is 28.7 Å². The molecule has 0 N–H and O–H groups in total. The van der Waals surface area contributed by atoms with Gasteiger partial charge in [0.1, 0.15) is 25.6 Å². The SMILES string of the molecule is CC=C1CC2C=Nc3cc(OCc4cc(OCCN(C)CC(C)(C)S)cc(COc5cc6c(cc5OC)C(=O)N5CC(=CC)CC5C=N6)n4)c(OC)cc3CN2C1. The lowest BCUT2D eigenvalue weighted by atomic mass is 10.1. The number of ether oxygens (including phenoxy) is 5. The summed E-state index contributed by atoms with van der Waals surface area (Å²) in [7, 11) is 5.27. The zero-order chi connectivity index (χ0) is 40.3. The fourth-order valence-corrected chi connectivity index (χ4v) is 8.08. The van der Waals surface area contributed by atoms with Gasteiger partial charge >= 0.3 is 0 Å². The minimum absolute atomic E-state index is 0.0739. The summed E-state index contributed by atoms with van der Waals surface area (Å²) in [6, 6.07) is 11.4. The second kappa shape index (κ2) is 17.3. The minimum atomic E-state index is -0.128. The predicted octanol–water partition coefficient (Wildman–Crippen LogP) is 7.39. The molecule has 2 saturated heterocycles. The first-order valence-electron chi connectivity index (χ1n) is 19.6. The summed E-state index contributed by atoms with van der Waals surface area (Å²) in [4.78, 5) is 34.6. The van der Waals surface area contributed by atoms with Crippen LogP contribution in [0.15, 0.2) is 69.7 Å². The number of hydrogen-bond donors (Lipinski definition) is 1. The number of rotatable bonds is 14. The number of fused-ring (bicyclic) bond motifs is 4. The van der Waals surface area contributed by atoms with Crippen molar-refractivity contribution in [2.24, 2.45) is 9.98 Å². The zero-order valence-corrected chi connectivity index (χ0v) is 35.0. The summed E-state index contributed by atoms with van der Waals surface area (Å²) in [6.07, 6.45) is 9.97. The van der Waals surface area contributed by atoms with Crippen LogP contribution >= 0.6 is 12.6 Å². The standard InChI is InChI=1S/C44H54N6O6S/c1-8-28-12-33-20-45-37-18-41(39(52-6)14-30(37)24-49(33)22-28)55-25-31-15-35(54-11-10-48(5)27-44(3,4)57)16-32(47-31)26-56-42-19-38-36(17-40(42)53-7)43(51)50-23-29(9-2)13-34(50)21-46-38/h8-9,14-21,33-34,57H,10-13,22-27H2,1-7H3. The van der Waals surface area contributed by atoms with E-state index in [0.717, 1.165) is 43.7 Å². The van der Waals surface area contributed by atoms with Crippen molar-refractivity contribution < 1.29 is 28.5 Å². The molecule has 2 unspecified atom stereocenters. The Morgan fingerprint density at radius 1 is 0.807 bits per heavy atom. The van der Waals surface area contributed by atoms with Gasteiger partial charge in [0.25, 0.3) is 5.91 Å². The second-order valence-electron chi connectivity index (χ2n) is 15.7. The number of hydrogen-bond acceptors (Lipinski definition) is 12. The number of nitrogens with zero attached hydrogens (tertiary/aromatic N) is 6. The summed E-state index contributed by atoms with van der Waals surface area (Å²) >= 11 is 4.68. The van der Waals surface area contributed by atoms with Gasteiger partial charge in [0.05, 0.1) is 48.6 Å². The van der Waals surface area contributed by atoms with Gasteiger partial charge in [-0.3, -0.25) is 24.7 Å². The van der Waals surface area contributed by atoms with Crippen molar-refractivity contribution in [2.75, 3.05) is 54.1 Å². The lowest BCUT2D eigenvalue weighted by Crippen LogP contribution is -2.35. The van der Waals surface area contributed by atoms with E-state index < -0.39 is 0 Å². The van der Waals surface area contributed by atoms with E-state index in [4.69, 9.17) is 38.7 Å². The molecule has 0 bridgehead atoms. The van der Waals surface area contributed by atoms with Crippen molar-refractivity contribution in [1.82, 2.24) is 19.7 Å². The van der Waals surface area contributed by atoms with Crippen LogP contribution in [0, 0.1) is 0 Å². The summed E-state index contributed by atoms with van der Waals surface area (Å²) in [5.41, 5.74) is 6.94. The fourth-order valence-electron chi connectivity index (χ4n) is 7.84. The molecule has 0 saturated carbocycles. The Labute approximate surface area is 341 Å². The zero-order valence-electron chi connectivity index (χ0n) is 34.1. The Kier molecular flexibility index (Phi) is 12.3. The molecule has 12 nitrogen and oxygen atoms in total.